The summed E-state index contributed by atoms with van der Waals surface area (Å²) in [6.07, 6.45) is 1.65. The van der Waals surface area contributed by atoms with Crippen molar-refractivity contribution in [3.05, 3.63) is 66.0 Å². The lowest BCUT2D eigenvalue weighted by Gasteiger charge is -2.19. The van der Waals surface area contributed by atoms with Gasteiger partial charge in [-0.1, -0.05) is 47.7 Å². The van der Waals surface area contributed by atoms with Crippen molar-refractivity contribution in [2.45, 2.75) is 19.0 Å². The number of benzene rings is 2. The van der Waals surface area contributed by atoms with Gasteiger partial charge < -0.3 is 0 Å². The summed E-state index contributed by atoms with van der Waals surface area (Å²) in [7, 11) is 0. The van der Waals surface area contributed by atoms with Crippen molar-refractivity contribution in [3.8, 4) is 11.8 Å². The van der Waals surface area contributed by atoms with E-state index in [4.69, 9.17) is 5.26 Å². The highest BCUT2D eigenvalue weighted by Gasteiger charge is 2.18. The molecule has 0 aliphatic heterocycles. The van der Waals surface area contributed by atoms with Crippen LogP contribution in [0.4, 0.5) is 5.69 Å². The molecule has 6 nitrogen and oxygen atoms in total. The van der Waals surface area contributed by atoms with Crippen LogP contribution in [0.15, 0.2) is 60.0 Å². The first-order valence-corrected chi connectivity index (χ1v) is 9.41. The van der Waals surface area contributed by atoms with Crippen molar-refractivity contribution in [2.75, 3.05) is 17.2 Å². The van der Waals surface area contributed by atoms with Gasteiger partial charge in [0, 0.05) is 5.69 Å². The van der Waals surface area contributed by atoms with Gasteiger partial charge in [-0.2, -0.15) is 5.26 Å². The van der Waals surface area contributed by atoms with Crippen molar-refractivity contribution in [2.24, 2.45) is 0 Å². The van der Waals surface area contributed by atoms with Crippen molar-refractivity contribution in [3.63, 3.8) is 0 Å². The number of nitriles is 1. The molecule has 0 aliphatic carbocycles. The number of carbonyl (C=O) groups is 1. The molecule has 0 fully saturated rings. The molecule has 1 aromatic heterocycles. The van der Waals surface area contributed by atoms with Gasteiger partial charge in [-0.3, -0.25) is 14.3 Å². The van der Waals surface area contributed by atoms with E-state index in [1.54, 1.807) is 6.33 Å². The fourth-order valence-electron chi connectivity index (χ4n) is 2.77. The van der Waals surface area contributed by atoms with E-state index in [-0.39, 0.29) is 18.2 Å². The van der Waals surface area contributed by atoms with Crippen LogP contribution < -0.4 is 4.90 Å². The van der Waals surface area contributed by atoms with Crippen LogP contribution in [0.25, 0.3) is 5.69 Å². The molecule has 0 atom stereocenters. The van der Waals surface area contributed by atoms with Crippen molar-refractivity contribution in [1.82, 2.24) is 14.8 Å². The molecule has 1 heterocycles. The van der Waals surface area contributed by atoms with Gasteiger partial charge in [-0.15, -0.1) is 10.2 Å². The van der Waals surface area contributed by atoms with Crippen LogP contribution in [0.2, 0.25) is 0 Å². The number of para-hydroxylation sites is 1. The number of carbonyl (C=O) groups excluding carboxylic acids is 1. The summed E-state index contributed by atoms with van der Waals surface area (Å²) in [4.78, 5) is 14.2. The first-order valence-electron chi connectivity index (χ1n) is 8.43. The number of hydrogen-bond donors (Lipinski definition) is 0. The van der Waals surface area contributed by atoms with Gasteiger partial charge in [0.2, 0.25) is 5.91 Å². The second-order valence-corrected chi connectivity index (χ2v) is 6.98. The lowest BCUT2D eigenvalue weighted by molar-refractivity contribution is -0.116. The quantitative estimate of drug-likeness (QED) is 0.485. The third-order valence-corrected chi connectivity index (χ3v) is 4.98. The molecule has 7 heteroatoms. The largest absolute Gasteiger partial charge is 0.298 e. The maximum absolute atomic E-state index is 12.7. The van der Waals surface area contributed by atoms with Crippen molar-refractivity contribution < 1.29 is 4.79 Å². The van der Waals surface area contributed by atoms with Crippen molar-refractivity contribution in [1.29, 1.82) is 5.26 Å². The highest BCUT2D eigenvalue weighted by Crippen LogP contribution is 2.23. The Morgan fingerprint density at radius 1 is 1.22 bits per heavy atom. The second-order valence-electron chi connectivity index (χ2n) is 6.04. The summed E-state index contributed by atoms with van der Waals surface area (Å²) in [5, 5.41) is 17.8. The number of aromatic nitrogens is 3. The van der Waals surface area contributed by atoms with Gasteiger partial charge in [0.15, 0.2) is 5.16 Å². The Morgan fingerprint density at radius 3 is 2.70 bits per heavy atom. The molecule has 0 spiro atoms. The van der Waals surface area contributed by atoms with Crippen LogP contribution in [-0.2, 0) is 4.79 Å². The van der Waals surface area contributed by atoms with Crippen LogP contribution in [0, 0.1) is 25.2 Å². The van der Waals surface area contributed by atoms with E-state index in [2.05, 4.69) is 22.3 Å². The predicted molar refractivity (Wildman–Crippen MR) is 106 cm³/mol. The molecule has 0 saturated carbocycles. The average molecular weight is 377 g/mol. The Hall–Kier alpha value is -3.11. The van der Waals surface area contributed by atoms with Gasteiger partial charge in [-0.25, -0.2) is 0 Å². The lowest BCUT2D eigenvalue weighted by atomic mass is 10.1. The molecule has 3 rings (SSSR count). The zero-order valence-electron chi connectivity index (χ0n) is 15.2. The van der Waals surface area contributed by atoms with E-state index in [9.17, 15) is 4.79 Å². The minimum atomic E-state index is -0.150. The molecule has 0 saturated heterocycles. The molecule has 1 amide bonds. The first-order chi connectivity index (χ1) is 13.1. The fraction of sp³-hybridized carbons (Fsp3) is 0.200. The predicted octanol–water partition coefficient (Wildman–Crippen LogP) is 3.53. The van der Waals surface area contributed by atoms with E-state index in [1.165, 1.54) is 22.2 Å². The van der Waals surface area contributed by atoms with E-state index in [0.717, 1.165) is 11.3 Å². The Labute approximate surface area is 162 Å². The number of anilines is 1. The number of amides is 1. The zero-order chi connectivity index (χ0) is 19.2. The zero-order valence-corrected chi connectivity index (χ0v) is 16.0. The molecule has 27 heavy (non-hydrogen) atoms. The van der Waals surface area contributed by atoms with E-state index < -0.39 is 0 Å². The first kappa shape index (κ1) is 18.7. The standard InChI is InChI=1S/C20H19N5OS/c1-15-8-9-18(16(2)12-15)25-14-22-23-20(25)27-13-19(26)24(11-10-21)17-6-4-3-5-7-17/h3-9,12,14H,11,13H2,1-2H3. The summed E-state index contributed by atoms with van der Waals surface area (Å²) in [5.41, 5.74) is 3.99. The third-order valence-electron chi connectivity index (χ3n) is 4.05. The topological polar surface area (TPSA) is 74.8 Å². The smallest absolute Gasteiger partial charge is 0.238 e. The summed E-state index contributed by atoms with van der Waals surface area (Å²) >= 11 is 1.31. The van der Waals surface area contributed by atoms with E-state index in [0.29, 0.717) is 10.8 Å². The highest BCUT2D eigenvalue weighted by molar-refractivity contribution is 7.99. The molecular weight excluding hydrogens is 358 g/mol. The Morgan fingerprint density at radius 2 is 2.00 bits per heavy atom. The number of hydrogen-bond acceptors (Lipinski definition) is 5. The van der Waals surface area contributed by atoms with Gasteiger partial charge >= 0.3 is 0 Å². The van der Waals surface area contributed by atoms with Crippen LogP contribution in [0.3, 0.4) is 0 Å². The van der Waals surface area contributed by atoms with Crippen LogP contribution in [0.5, 0.6) is 0 Å². The average Bonchev–Trinajstić information content (AvgIpc) is 3.13. The molecule has 0 N–H and O–H groups in total. The van der Waals surface area contributed by atoms with E-state index >= 15 is 0 Å². The molecule has 136 valence electrons. The SMILES string of the molecule is Cc1ccc(-n2cnnc2SCC(=O)N(CC#N)c2ccccc2)c(C)c1. The summed E-state index contributed by atoms with van der Waals surface area (Å²) in [6, 6.07) is 17.4. The Kier molecular flexibility index (Phi) is 5.89. The fourth-order valence-corrected chi connectivity index (χ4v) is 3.57. The van der Waals surface area contributed by atoms with Gasteiger partial charge in [-0.05, 0) is 37.6 Å². The summed E-state index contributed by atoms with van der Waals surface area (Å²) in [6.45, 7) is 4.09. The normalized spacial score (nSPS) is 10.4. The summed E-state index contributed by atoms with van der Waals surface area (Å²) in [5.74, 6) is 0.0168. The Balaban J connectivity index is 1.76. The highest BCUT2D eigenvalue weighted by atomic mass is 32.2. The molecule has 0 radical (unpaired) electrons. The Bertz CT molecular complexity index is 978. The summed E-state index contributed by atoms with van der Waals surface area (Å²) < 4.78 is 1.88. The monoisotopic (exact) mass is 377 g/mol. The molecule has 2 aromatic carbocycles. The van der Waals surface area contributed by atoms with E-state index in [1.807, 2.05) is 60.9 Å². The molecule has 0 bridgehead atoms. The minimum absolute atomic E-state index is 0.00711. The second kappa shape index (κ2) is 8.52. The number of aryl methyl sites for hydroxylation is 2. The number of rotatable bonds is 6. The minimum Gasteiger partial charge on any atom is -0.298 e. The maximum atomic E-state index is 12.7. The van der Waals surface area contributed by atoms with Crippen LogP contribution >= 0.6 is 11.8 Å². The van der Waals surface area contributed by atoms with Crippen LogP contribution in [-0.4, -0.2) is 33.0 Å². The molecular formula is C20H19N5OS. The lowest BCUT2D eigenvalue weighted by Crippen LogP contribution is -2.32. The number of thioether (sulfide) groups is 1. The van der Waals surface area contributed by atoms with Gasteiger partial charge in [0.25, 0.3) is 0 Å². The molecule has 0 aliphatic rings. The molecule has 3 aromatic rings. The van der Waals surface area contributed by atoms with Gasteiger partial charge in [0.05, 0.1) is 17.5 Å². The van der Waals surface area contributed by atoms with Crippen molar-refractivity contribution >= 4 is 23.4 Å². The molecule has 0 unspecified atom stereocenters. The van der Waals surface area contributed by atoms with Crippen LogP contribution in [0.1, 0.15) is 11.1 Å². The van der Waals surface area contributed by atoms with Gasteiger partial charge in [0.1, 0.15) is 12.9 Å². The maximum Gasteiger partial charge on any atom is 0.238 e. The number of nitrogens with zero attached hydrogens (tertiary/aromatic N) is 5. The third kappa shape index (κ3) is 4.36.